The molecule has 6 aromatic carbocycles. The molecule has 9 rings (SSSR count). The van der Waals surface area contributed by atoms with Gasteiger partial charge in [0, 0.05) is 10.8 Å². The average Bonchev–Trinajstić information content (AvgIpc) is 3.34. The number of benzene rings is 6. The summed E-state index contributed by atoms with van der Waals surface area (Å²) in [5.41, 5.74) is 17.5. The van der Waals surface area contributed by atoms with E-state index in [-0.39, 0.29) is 10.8 Å². The number of hydrogen-bond donors (Lipinski definition) is 0. The molecule has 0 atom stereocenters. The highest BCUT2D eigenvalue weighted by Gasteiger charge is 2.40. The summed E-state index contributed by atoms with van der Waals surface area (Å²) in [5, 5.41) is 5.40. The van der Waals surface area contributed by atoms with E-state index in [1.54, 1.807) is 0 Å². The zero-order valence-corrected chi connectivity index (χ0v) is 23.7. The van der Waals surface area contributed by atoms with Crippen LogP contribution in [0.2, 0.25) is 0 Å². The van der Waals surface area contributed by atoms with Crippen molar-refractivity contribution in [2.45, 2.75) is 51.4 Å². The normalized spacial score (nSPS) is 16.7. The minimum absolute atomic E-state index is 0.00379. The van der Waals surface area contributed by atoms with E-state index in [0.717, 1.165) is 12.8 Å². The van der Waals surface area contributed by atoms with Crippen LogP contribution in [0.5, 0.6) is 0 Å². The van der Waals surface area contributed by atoms with Crippen molar-refractivity contribution in [3.8, 4) is 33.4 Å². The maximum absolute atomic E-state index is 2.56. The van der Waals surface area contributed by atoms with Gasteiger partial charge in [-0.3, -0.25) is 0 Å². The molecule has 0 heteroatoms. The number of rotatable bonds is 0. The van der Waals surface area contributed by atoms with E-state index in [0.29, 0.717) is 0 Å². The lowest BCUT2D eigenvalue weighted by atomic mass is 9.76. The van der Waals surface area contributed by atoms with Gasteiger partial charge in [0.15, 0.2) is 0 Å². The van der Waals surface area contributed by atoms with E-state index in [1.165, 1.54) is 88.3 Å². The molecule has 3 aliphatic carbocycles. The Hall–Kier alpha value is -4.16. The van der Waals surface area contributed by atoms with Crippen molar-refractivity contribution in [2.75, 3.05) is 0 Å². The monoisotopic (exact) mass is 512 g/mol. The lowest BCUT2D eigenvalue weighted by molar-refractivity contribution is 0.657. The zero-order valence-electron chi connectivity index (χ0n) is 23.7. The molecule has 40 heavy (non-hydrogen) atoms. The molecular formula is C40H32. The fourth-order valence-electron chi connectivity index (χ4n) is 8.38. The molecule has 0 N–H and O–H groups in total. The Balaban J connectivity index is 1.33. The van der Waals surface area contributed by atoms with Gasteiger partial charge < -0.3 is 0 Å². The first kappa shape index (κ1) is 22.6. The van der Waals surface area contributed by atoms with Crippen LogP contribution in [0, 0.1) is 0 Å². The summed E-state index contributed by atoms with van der Waals surface area (Å²) in [6, 6.07) is 37.4. The van der Waals surface area contributed by atoms with Crippen LogP contribution < -0.4 is 0 Å². The van der Waals surface area contributed by atoms with Gasteiger partial charge in [-0.05, 0) is 113 Å². The Morgan fingerprint density at radius 3 is 1.30 bits per heavy atom. The molecule has 192 valence electrons. The molecular weight excluding hydrogens is 480 g/mol. The van der Waals surface area contributed by atoms with Gasteiger partial charge in [0.1, 0.15) is 0 Å². The smallest absolute Gasteiger partial charge is 0.0159 e. The molecule has 0 amide bonds. The van der Waals surface area contributed by atoms with Crippen LogP contribution in [0.3, 0.4) is 0 Å². The molecule has 3 aliphatic rings. The summed E-state index contributed by atoms with van der Waals surface area (Å²) in [5.74, 6) is 0. The molecule has 0 saturated carbocycles. The minimum atomic E-state index is 0.00379. The second-order valence-electron chi connectivity index (χ2n) is 13.3. The van der Waals surface area contributed by atoms with Gasteiger partial charge in [-0.15, -0.1) is 0 Å². The molecule has 0 heterocycles. The third kappa shape index (κ3) is 2.67. The third-order valence-electron chi connectivity index (χ3n) is 10.5. The molecule has 0 aromatic heterocycles. The van der Waals surface area contributed by atoms with Crippen molar-refractivity contribution < 1.29 is 0 Å². The topological polar surface area (TPSA) is 0 Å². The van der Waals surface area contributed by atoms with Crippen molar-refractivity contribution in [1.29, 1.82) is 0 Å². The maximum atomic E-state index is 2.56. The van der Waals surface area contributed by atoms with Gasteiger partial charge in [-0.1, -0.05) is 113 Å². The summed E-state index contributed by atoms with van der Waals surface area (Å²) >= 11 is 0. The highest BCUT2D eigenvalue weighted by Crippen LogP contribution is 2.56. The Labute approximate surface area is 236 Å². The Bertz CT molecular complexity index is 1950. The Morgan fingerprint density at radius 2 is 0.850 bits per heavy atom. The van der Waals surface area contributed by atoms with E-state index in [9.17, 15) is 0 Å². The number of aryl methyl sites for hydroxylation is 2. The van der Waals surface area contributed by atoms with Crippen LogP contribution in [0.25, 0.3) is 54.9 Å². The van der Waals surface area contributed by atoms with Gasteiger partial charge in [0.05, 0.1) is 0 Å². The summed E-state index contributed by atoms with van der Waals surface area (Å²) in [4.78, 5) is 0. The van der Waals surface area contributed by atoms with Gasteiger partial charge in [-0.2, -0.15) is 0 Å². The van der Waals surface area contributed by atoms with Crippen molar-refractivity contribution >= 4 is 21.5 Å². The van der Waals surface area contributed by atoms with Crippen molar-refractivity contribution in [1.82, 2.24) is 0 Å². The molecule has 0 saturated heterocycles. The van der Waals surface area contributed by atoms with E-state index in [4.69, 9.17) is 0 Å². The van der Waals surface area contributed by atoms with Crippen LogP contribution in [-0.2, 0) is 23.7 Å². The minimum Gasteiger partial charge on any atom is -0.0616 e. The van der Waals surface area contributed by atoms with Crippen molar-refractivity contribution in [3.63, 3.8) is 0 Å². The molecule has 0 unspecified atom stereocenters. The van der Waals surface area contributed by atoms with Gasteiger partial charge in [0.25, 0.3) is 0 Å². The highest BCUT2D eigenvalue weighted by molar-refractivity contribution is 6.05. The summed E-state index contributed by atoms with van der Waals surface area (Å²) in [6.45, 7) is 9.64. The maximum Gasteiger partial charge on any atom is 0.0159 e. The number of hydrogen-bond acceptors (Lipinski definition) is 0. The fraction of sp³-hybridized carbons (Fsp3) is 0.200. The second kappa shape index (κ2) is 7.32. The predicted octanol–water partition coefficient (Wildman–Crippen LogP) is 10.4. The molecule has 0 aliphatic heterocycles. The van der Waals surface area contributed by atoms with Crippen LogP contribution >= 0.6 is 0 Å². The van der Waals surface area contributed by atoms with Gasteiger partial charge >= 0.3 is 0 Å². The van der Waals surface area contributed by atoms with Crippen LogP contribution in [-0.4, -0.2) is 0 Å². The molecule has 0 spiro atoms. The van der Waals surface area contributed by atoms with E-state index in [2.05, 4.69) is 125 Å². The molecule has 0 bridgehead atoms. The van der Waals surface area contributed by atoms with Crippen molar-refractivity contribution in [3.05, 3.63) is 130 Å². The standard InChI is InChI=1S/C40H32/c1-39(2)33-17-15-23-9-5-7-11-27(23)37(33)31-21-29-25(19-35(31)39)13-14-26-20-36-32(22-30(26)29)38-28-12-8-6-10-24(28)16-18-34(38)40(36,3)4/h5-12,15-22H,13-14H2,1-4H3. The highest BCUT2D eigenvalue weighted by atomic mass is 14.4. The number of fused-ring (bicyclic) bond motifs is 13. The molecule has 0 nitrogen and oxygen atoms in total. The fourth-order valence-corrected chi connectivity index (χ4v) is 8.38. The first-order chi connectivity index (χ1) is 19.3. The van der Waals surface area contributed by atoms with Crippen LogP contribution in [0.1, 0.15) is 61.1 Å². The summed E-state index contributed by atoms with van der Waals surface area (Å²) < 4.78 is 0. The predicted molar refractivity (Wildman–Crippen MR) is 169 cm³/mol. The van der Waals surface area contributed by atoms with Crippen LogP contribution in [0.15, 0.2) is 97.1 Å². The third-order valence-corrected chi connectivity index (χ3v) is 10.5. The molecule has 6 aromatic rings. The van der Waals surface area contributed by atoms with Gasteiger partial charge in [0.2, 0.25) is 0 Å². The summed E-state index contributed by atoms with van der Waals surface area (Å²) in [6.07, 6.45) is 2.22. The molecule has 0 fully saturated rings. The lowest BCUT2D eigenvalue weighted by Crippen LogP contribution is -2.17. The first-order valence-corrected chi connectivity index (χ1v) is 14.7. The second-order valence-corrected chi connectivity index (χ2v) is 13.3. The van der Waals surface area contributed by atoms with Gasteiger partial charge in [-0.25, -0.2) is 0 Å². The Kier molecular flexibility index (Phi) is 4.14. The Morgan fingerprint density at radius 1 is 0.425 bits per heavy atom. The molecule has 0 radical (unpaired) electrons. The van der Waals surface area contributed by atoms with E-state index >= 15 is 0 Å². The van der Waals surface area contributed by atoms with E-state index in [1.807, 2.05) is 0 Å². The zero-order chi connectivity index (χ0) is 27.0. The summed E-state index contributed by atoms with van der Waals surface area (Å²) in [7, 11) is 0. The van der Waals surface area contributed by atoms with E-state index < -0.39 is 0 Å². The largest absolute Gasteiger partial charge is 0.0616 e. The van der Waals surface area contributed by atoms with Crippen LogP contribution in [0.4, 0.5) is 0 Å². The quantitative estimate of drug-likeness (QED) is 0.190. The first-order valence-electron chi connectivity index (χ1n) is 14.7. The SMILES string of the molecule is CC1(C)c2cc3c(cc2-c2c1ccc1ccccc21)-c1cc2c(cc1CC3)C(C)(C)c1ccc3ccccc3c1-2. The average molecular weight is 513 g/mol. The lowest BCUT2D eigenvalue weighted by Gasteiger charge is -2.27. The van der Waals surface area contributed by atoms with Crippen molar-refractivity contribution in [2.24, 2.45) is 0 Å².